The van der Waals surface area contributed by atoms with Gasteiger partial charge in [0.1, 0.15) is 5.82 Å². The second-order valence-electron chi connectivity index (χ2n) is 5.92. The third kappa shape index (κ3) is 3.55. The van der Waals surface area contributed by atoms with Gasteiger partial charge in [-0.3, -0.25) is 9.69 Å². The van der Waals surface area contributed by atoms with E-state index in [1.807, 2.05) is 4.90 Å². The van der Waals surface area contributed by atoms with Gasteiger partial charge >= 0.3 is 0 Å². The van der Waals surface area contributed by atoms with Gasteiger partial charge in [0.2, 0.25) is 5.91 Å². The highest BCUT2D eigenvalue weighted by Gasteiger charge is 2.32. The number of carbonyl (C=O) groups is 1. The monoisotopic (exact) mass is 310 g/mol. The molecule has 3 rings (SSSR count). The molecule has 5 heteroatoms. The summed E-state index contributed by atoms with van der Waals surface area (Å²) in [5.74, 6) is -0.131. The Kier molecular flexibility index (Phi) is 4.45. The van der Waals surface area contributed by atoms with Crippen molar-refractivity contribution in [3.8, 4) is 0 Å². The maximum atomic E-state index is 13.9. The highest BCUT2D eigenvalue weighted by Crippen LogP contribution is 2.30. The van der Waals surface area contributed by atoms with E-state index in [4.69, 9.17) is 11.6 Å². The molecule has 1 saturated heterocycles. The first-order chi connectivity index (χ1) is 10.1. The highest BCUT2D eigenvalue weighted by molar-refractivity contribution is 6.31. The Balaban J connectivity index is 1.68. The van der Waals surface area contributed by atoms with Crippen LogP contribution in [-0.2, 0) is 11.3 Å². The minimum Gasteiger partial charge on any atom is -0.342 e. The van der Waals surface area contributed by atoms with Crippen molar-refractivity contribution in [1.29, 1.82) is 0 Å². The number of hydrogen-bond donors (Lipinski definition) is 0. The van der Waals surface area contributed by atoms with E-state index in [-0.39, 0.29) is 11.7 Å². The van der Waals surface area contributed by atoms with Crippen LogP contribution < -0.4 is 0 Å². The quantitative estimate of drug-likeness (QED) is 0.834. The molecular formula is C16H20ClFN2O. The van der Waals surface area contributed by atoms with Crippen LogP contribution in [0.2, 0.25) is 5.02 Å². The third-order valence-electron chi connectivity index (χ3n) is 4.28. The summed E-state index contributed by atoms with van der Waals surface area (Å²) in [5, 5.41) is 0.439. The molecule has 1 aliphatic carbocycles. The number of amides is 1. The molecule has 1 heterocycles. The van der Waals surface area contributed by atoms with Crippen molar-refractivity contribution in [2.45, 2.75) is 38.3 Å². The normalized spacial score (nSPS) is 18.5. The van der Waals surface area contributed by atoms with Gasteiger partial charge in [0.25, 0.3) is 0 Å². The Labute approximate surface area is 129 Å². The van der Waals surface area contributed by atoms with E-state index in [0.717, 1.165) is 38.8 Å². The number of rotatable bonds is 5. The van der Waals surface area contributed by atoms with Crippen LogP contribution in [0.5, 0.6) is 0 Å². The zero-order valence-electron chi connectivity index (χ0n) is 12.0. The van der Waals surface area contributed by atoms with Gasteiger partial charge < -0.3 is 4.90 Å². The molecule has 0 unspecified atom stereocenters. The van der Waals surface area contributed by atoms with Crippen LogP contribution in [0.3, 0.4) is 0 Å². The molecule has 0 aromatic heterocycles. The number of benzene rings is 1. The lowest BCUT2D eigenvalue weighted by Gasteiger charge is -2.25. The average molecular weight is 311 g/mol. The summed E-state index contributed by atoms with van der Waals surface area (Å²) in [6.45, 7) is 2.50. The number of halogens is 2. The second kappa shape index (κ2) is 6.32. The van der Waals surface area contributed by atoms with Gasteiger partial charge in [0.05, 0.1) is 6.54 Å². The predicted octanol–water partition coefficient (Wildman–Crippen LogP) is 3.07. The van der Waals surface area contributed by atoms with E-state index in [0.29, 0.717) is 29.7 Å². The molecule has 3 nitrogen and oxygen atoms in total. The number of nitrogens with zero attached hydrogens (tertiary/aromatic N) is 2. The van der Waals surface area contributed by atoms with Gasteiger partial charge in [-0.25, -0.2) is 4.39 Å². The molecule has 0 atom stereocenters. The van der Waals surface area contributed by atoms with Crippen LogP contribution >= 0.6 is 11.6 Å². The molecule has 1 aliphatic heterocycles. The third-order valence-corrected chi connectivity index (χ3v) is 4.64. The summed E-state index contributed by atoms with van der Waals surface area (Å²) in [6, 6.07) is 5.13. The van der Waals surface area contributed by atoms with Gasteiger partial charge in [-0.15, -0.1) is 0 Å². The van der Waals surface area contributed by atoms with Crippen molar-refractivity contribution < 1.29 is 9.18 Å². The fraction of sp³-hybridized carbons (Fsp3) is 0.562. The molecule has 1 amide bonds. The standard InChI is InChI=1S/C16H20ClFN2O/c17-14-4-3-5-15(18)13(14)10-20(12-6-7-12)11-16(21)19-8-1-2-9-19/h3-5,12H,1-2,6-11H2. The van der Waals surface area contributed by atoms with Crippen LogP contribution in [0.1, 0.15) is 31.2 Å². The zero-order valence-corrected chi connectivity index (χ0v) is 12.8. The van der Waals surface area contributed by atoms with Crippen molar-refractivity contribution in [2.75, 3.05) is 19.6 Å². The fourth-order valence-electron chi connectivity index (χ4n) is 2.88. The Morgan fingerprint density at radius 3 is 2.67 bits per heavy atom. The van der Waals surface area contributed by atoms with Gasteiger partial charge in [0, 0.05) is 36.3 Å². The fourth-order valence-corrected chi connectivity index (χ4v) is 3.10. The summed E-state index contributed by atoms with van der Waals surface area (Å²) in [5.41, 5.74) is 0.500. The van der Waals surface area contributed by atoms with E-state index in [9.17, 15) is 9.18 Å². The zero-order chi connectivity index (χ0) is 14.8. The molecule has 0 radical (unpaired) electrons. The molecule has 2 aliphatic rings. The van der Waals surface area contributed by atoms with Crippen molar-refractivity contribution >= 4 is 17.5 Å². The molecule has 0 bridgehead atoms. The highest BCUT2D eigenvalue weighted by atomic mass is 35.5. The van der Waals surface area contributed by atoms with E-state index < -0.39 is 0 Å². The summed E-state index contributed by atoms with van der Waals surface area (Å²) in [7, 11) is 0. The molecular weight excluding hydrogens is 291 g/mol. The average Bonchev–Trinajstić information content (AvgIpc) is 3.15. The molecule has 1 aromatic carbocycles. The van der Waals surface area contributed by atoms with Crippen molar-refractivity contribution in [3.63, 3.8) is 0 Å². The van der Waals surface area contributed by atoms with E-state index in [2.05, 4.69) is 4.90 Å². The Bertz CT molecular complexity index is 507. The largest absolute Gasteiger partial charge is 0.342 e. The van der Waals surface area contributed by atoms with Gasteiger partial charge in [-0.05, 0) is 37.8 Å². The first kappa shape index (κ1) is 14.8. The Morgan fingerprint density at radius 1 is 1.33 bits per heavy atom. The number of hydrogen-bond acceptors (Lipinski definition) is 2. The van der Waals surface area contributed by atoms with Crippen LogP contribution in [0, 0.1) is 5.82 Å². The molecule has 1 aromatic rings. The Morgan fingerprint density at radius 2 is 2.05 bits per heavy atom. The lowest BCUT2D eigenvalue weighted by molar-refractivity contribution is -0.131. The van der Waals surface area contributed by atoms with Crippen LogP contribution in [-0.4, -0.2) is 41.4 Å². The molecule has 1 saturated carbocycles. The summed E-state index contributed by atoms with van der Waals surface area (Å²) in [4.78, 5) is 16.3. The van der Waals surface area contributed by atoms with Crippen molar-refractivity contribution in [3.05, 3.63) is 34.6 Å². The number of likely N-dealkylation sites (tertiary alicyclic amines) is 1. The minimum absolute atomic E-state index is 0.159. The van der Waals surface area contributed by atoms with Crippen molar-refractivity contribution in [1.82, 2.24) is 9.80 Å². The molecule has 0 spiro atoms. The Hall–Kier alpha value is -1.13. The van der Waals surface area contributed by atoms with Crippen LogP contribution in [0.4, 0.5) is 4.39 Å². The smallest absolute Gasteiger partial charge is 0.236 e. The molecule has 21 heavy (non-hydrogen) atoms. The van der Waals surface area contributed by atoms with Gasteiger partial charge in [-0.2, -0.15) is 0 Å². The molecule has 0 N–H and O–H groups in total. The lowest BCUT2D eigenvalue weighted by Crippen LogP contribution is -2.39. The summed E-state index contributed by atoms with van der Waals surface area (Å²) < 4.78 is 13.9. The van der Waals surface area contributed by atoms with Crippen LogP contribution in [0.25, 0.3) is 0 Å². The summed E-state index contributed by atoms with van der Waals surface area (Å²) in [6.07, 6.45) is 4.35. The lowest BCUT2D eigenvalue weighted by atomic mass is 10.2. The maximum absolute atomic E-state index is 13.9. The first-order valence-electron chi connectivity index (χ1n) is 7.60. The second-order valence-corrected chi connectivity index (χ2v) is 6.33. The van der Waals surface area contributed by atoms with Gasteiger partial charge in [0.15, 0.2) is 0 Å². The predicted molar refractivity (Wildman–Crippen MR) is 80.7 cm³/mol. The number of carbonyl (C=O) groups excluding carboxylic acids is 1. The van der Waals surface area contributed by atoms with E-state index in [1.165, 1.54) is 6.07 Å². The molecule has 2 fully saturated rings. The van der Waals surface area contributed by atoms with Crippen molar-refractivity contribution in [2.24, 2.45) is 0 Å². The van der Waals surface area contributed by atoms with Gasteiger partial charge in [-0.1, -0.05) is 17.7 Å². The maximum Gasteiger partial charge on any atom is 0.236 e. The summed E-state index contributed by atoms with van der Waals surface area (Å²) >= 11 is 6.10. The van der Waals surface area contributed by atoms with Crippen LogP contribution in [0.15, 0.2) is 18.2 Å². The minimum atomic E-state index is -0.290. The van der Waals surface area contributed by atoms with E-state index in [1.54, 1.807) is 12.1 Å². The topological polar surface area (TPSA) is 23.6 Å². The first-order valence-corrected chi connectivity index (χ1v) is 7.97. The SMILES string of the molecule is O=C(CN(Cc1c(F)cccc1Cl)C1CC1)N1CCCC1. The van der Waals surface area contributed by atoms with E-state index >= 15 is 0 Å². The molecule has 114 valence electrons.